The second-order valence-corrected chi connectivity index (χ2v) is 17.5. The van der Waals surface area contributed by atoms with E-state index in [4.69, 9.17) is 15.2 Å². The third kappa shape index (κ3) is 13.4. The minimum atomic E-state index is -1.29. The Bertz CT molecular complexity index is 2000. The lowest BCUT2D eigenvalue weighted by atomic mass is 9.98. The smallest absolute Gasteiger partial charge is 0.408 e. The Labute approximate surface area is 367 Å². The highest BCUT2D eigenvalue weighted by Crippen LogP contribution is 2.31. The highest BCUT2D eigenvalue weighted by atomic mass is 79.9. The highest BCUT2D eigenvalue weighted by Gasteiger charge is 2.36. The number of nitrogens with one attached hydrogen (secondary N) is 4. The van der Waals surface area contributed by atoms with Gasteiger partial charge >= 0.3 is 18.2 Å². The van der Waals surface area contributed by atoms with Crippen LogP contribution in [0.25, 0.3) is 0 Å². The molecule has 6 amide bonds. The number of Topliss-reactive ketones (excluding diaryl/α,β-unsaturated/α-hetero) is 1. The maximum absolute atomic E-state index is 14.3. The normalized spacial score (nSPS) is 15.4. The van der Waals surface area contributed by atoms with E-state index in [1.165, 1.54) is 0 Å². The SMILES string of the molecule is CC(C)(C)OC(=O)NC(CCCCNC(=O)OCc1ccccc1)C(=O)NC(CC(=O)c1cc(Br)c(N)c(Br)c1)C(=O)N1CCC(N2CCc3ccccc3NC2=O)CC1. The van der Waals surface area contributed by atoms with Crippen LogP contribution in [-0.2, 0) is 32.1 Å². The molecule has 2 aliphatic rings. The number of urea groups is 1. The van der Waals surface area contributed by atoms with Crippen LogP contribution in [0.4, 0.5) is 25.8 Å². The molecule has 15 nitrogen and oxygen atoms in total. The molecule has 0 aromatic heterocycles. The average molecular weight is 956 g/mol. The van der Waals surface area contributed by atoms with Gasteiger partial charge in [-0.3, -0.25) is 14.4 Å². The lowest BCUT2D eigenvalue weighted by Crippen LogP contribution is -2.57. The van der Waals surface area contributed by atoms with Crippen molar-refractivity contribution in [1.82, 2.24) is 25.8 Å². The number of nitrogens with two attached hydrogens (primary N) is 1. The number of nitrogens with zero attached hydrogens (tertiary/aromatic N) is 2. The fraction of sp³-hybridized carbons (Fsp3) is 0.442. The molecule has 322 valence electrons. The number of ketones is 1. The molecule has 6 N–H and O–H groups in total. The molecule has 2 heterocycles. The summed E-state index contributed by atoms with van der Waals surface area (Å²) in [5.74, 6) is -1.57. The van der Waals surface area contributed by atoms with Gasteiger partial charge in [-0.25, -0.2) is 14.4 Å². The van der Waals surface area contributed by atoms with Crippen molar-refractivity contribution in [1.29, 1.82) is 0 Å². The van der Waals surface area contributed by atoms with Gasteiger partial charge in [-0.05, 0) is 120 Å². The molecule has 0 bridgehead atoms. The molecule has 60 heavy (non-hydrogen) atoms. The number of para-hydroxylation sites is 1. The monoisotopic (exact) mass is 953 g/mol. The summed E-state index contributed by atoms with van der Waals surface area (Å²) in [5, 5.41) is 11.1. The van der Waals surface area contributed by atoms with Crippen LogP contribution >= 0.6 is 31.9 Å². The van der Waals surface area contributed by atoms with Gasteiger partial charge in [-0.2, -0.15) is 0 Å². The van der Waals surface area contributed by atoms with Crippen molar-refractivity contribution in [2.24, 2.45) is 0 Å². The number of unbranched alkanes of at least 4 members (excludes halogenated alkanes) is 1. The number of fused-ring (bicyclic) bond motifs is 1. The second kappa shape index (κ2) is 21.4. The van der Waals surface area contributed by atoms with E-state index in [0.29, 0.717) is 66.4 Å². The molecule has 2 aliphatic heterocycles. The van der Waals surface area contributed by atoms with E-state index >= 15 is 0 Å². The molecule has 0 aliphatic carbocycles. The van der Waals surface area contributed by atoms with E-state index in [9.17, 15) is 28.8 Å². The first-order valence-corrected chi connectivity index (χ1v) is 21.6. The maximum Gasteiger partial charge on any atom is 0.408 e. The molecule has 0 saturated carbocycles. The lowest BCUT2D eigenvalue weighted by molar-refractivity contribution is -0.138. The van der Waals surface area contributed by atoms with Gasteiger partial charge in [0.2, 0.25) is 11.8 Å². The highest BCUT2D eigenvalue weighted by molar-refractivity contribution is 9.11. The minimum Gasteiger partial charge on any atom is -0.445 e. The van der Waals surface area contributed by atoms with E-state index in [1.807, 2.05) is 59.5 Å². The standard InChI is InChI=1S/C43H53Br2N7O8/c1-43(2,3)60-42(58)50-34(15-9-10-19-47-41(57)59-26-27-11-5-4-6-12-27)38(54)48-35(25-36(53)29-23-31(44)37(46)32(45)24-29)39(55)51-20-17-30(18-21-51)52-22-16-28-13-7-8-14-33(28)49-40(52)56/h4-8,11-14,23-24,30,34-35H,9-10,15-22,25-26,46H2,1-3H3,(H,47,57)(H,48,54)(H,49,56)(H,50,58). The Morgan fingerprint density at radius 3 is 2.23 bits per heavy atom. The minimum absolute atomic E-state index is 0.118. The van der Waals surface area contributed by atoms with Crippen molar-refractivity contribution in [3.63, 3.8) is 0 Å². The number of ether oxygens (including phenoxy) is 2. The van der Waals surface area contributed by atoms with Gasteiger partial charge < -0.3 is 46.3 Å². The molecule has 3 aromatic carbocycles. The molecule has 2 unspecified atom stereocenters. The van der Waals surface area contributed by atoms with E-state index < -0.39 is 47.5 Å². The third-order valence-corrected chi connectivity index (χ3v) is 11.5. The number of hydrogen-bond acceptors (Lipinski definition) is 9. The second-order valence-electron chi connectivity index (χ2n) is 15.8. The summed E-state index contributed by atoms with van der Waals surface area (Å²) in [5.41, 5.74) is 8.56. The van der Waals surface area contributed by atoms with Crippen LogP contribution in [-0.4, -0.2) is 95.5 Å². The lowest BCUT2D eigenvalue weighted by Gasteiger charge is -2.39. The molecule has 0 radical (unpaired) electrons. The predicted octanol–water partition coefficient (Wildman–Crippen LogP) is 6.92. The summed E-state index contributed by atoms with van der Waals surface area (Å²) in [7, 11) is 0. The zero-order chi connectivity index (χ0) is 43.4. The molecular weight excluding hydrogens is 902 g/mol. The topological polar surface area (TPSA) is 202 Å². The molecule has 1 saturated heterocycles. The van der Waals surface area contributed by atoms with Gasteiger partial charge in [-0.15, -0.1) is 0 Å². The first kappa shape index (κ1) is 45.9. The number of nitrogen functional groups attached to an aromatic ring is 1. The molecule has 3 aromatic rings. The van der Waals surface area contributed by atoms with E-state index in [0.717, 1.165) is 16.8 Å². The number of anilines is 2. The van der Waals surface area contributed by atoms with Gasteiger partial charge in [0.25, 0.3) is 0 Å². The molecule has 1 fully saturated rings. The largest absolute Gasteiger partial charge is 0.445 e. The first-order valence-electron chi connectivity index (χ1n) is 20.0. The van der Waals surface area contributed by atoms with Crippen LogP contribution in [0.15, 0.2) is 75.7 Å². The van der Waals surface area contributed by atoms with Crippen LogP contribution in [0.5, 0.6) is 0 Å². The van der Waals surface area contributed by atoms with Gasteiger partial charge in [0.05, 0.1) is 5.69 Å². The van der Waals surface area contributed by atoms with Crippen LogP contribution in [0.2, 0.25) is 0 Å². The van der Waals surface area contributed by atoms with Gasteiger partial charge in [0, 0.05) is 58.8 Å². The summed E-state index contributed by atoms with van der Waals surface area (Å²) < 4.78 is 11.7. The van der Waals surface area contributed by atoms with Crippen molar-refractivity contribution in [2.45, 2.75) is 96.1 Å². The summed E-state index contributed by atoms with van der Waals surface area (Å²) in [6, 6.07) is 17.3. The predicted molar refractivity (Wildman–Crippen MR) is 234 cm³/mol. The summed E-state index contributed by atoms with van der Waals surface area (Å²) >= 11 is 6.75. The number of halogens is 2. The molecule has 5 rings (SSSR count). The third-order valence-electron chi connectivity index (χ3n) is 10.2. The Morgan fingerprint density at radius 1 is 0.883 bits per heavy atom. The van der Waals surface area contributed by atoms with Gasteiger partial charge in [0.15, 0.2) is 5.78 Å². The number of amides is 6. The molecule has 0 spiro atoms. The van der Waals surface area contributed by atoms with Crippen molar-refractivity contribution in [2.75, 3.05) is 37.2 Å². The quantitative estimate of drug-likeness (QED) is 0.0609. The summed E-state index contributed by atoms with van der Waals surface area (Å²) in [4.78, 5) is 84.1. The van der Waals surface area contributed by atoms with Crippen LogP contribution in [0.3, 0.4) is 0 Å². The molecule has 2 atom stereocenters. The van der Waals surface area contributed by atoms with Crippen molar-refractivity contribution in [3.05, 3.63) is 92.4 Å². The van der Waals surface area contributed by atoms with E-state index in [2.05, 4.69) is 53.1 Å². The zero-order valence-electron chi connectivity index (χ0n) is 34.1. The van der Waals surface area contributed by atoms with Crippen molar-refractivity contribution >= 4 is 79.0 Å². The number of carbonyl (C=O) groups is 6. The number of benzene rings is 3. The number of hydrogen-bond donors (Lipinski definition) is 5. The Kier molecular flexibility index (Phi) is 16.4. The first-order chi connectivity index (χ1) is 28.6. The molecular formula is C43H53Br2N7O8. The number of likely N-dealkylation sites (tertiary alicyclic amines) is 1. The van der Waals surface area contributed by atoms with Gasteiger partial charge in [0.1, 0.15) is 24.3 Å². The van der Waals surface area contributed by atoms with Crippen LogP contribution < -0.4 is 27.0 Å². The van der Waals surface area contributed by atoms with Crippen molar-refractivity contribution < 1.29 is 38.2 Å². The fourth-order valence-corrected chi connectivity index (χ4v) is 8.22. The van der Waals surface area contributed by atoms with Crippen molar-refractivity contribution in [3.8, 4) is 0 Å². The number of piperidine rings is 1. The number of alkyl carbamates (subject to hydrolysis) is 2. The Morgan fingerprint density at radius 2 is 1.55 bits per heavy atom. The summed E-state index contributed by atoms with van der Waals surface area (Å²) in [6.45, 7) is 6.56. The number of carbonyl (C=O) groups excluding carboxylic acids is 6. The summed E-state index contributed by atoms with van der Waals surface area (Å²) in [6.07, 6.45) is 0.854. The molecule has 17 heteroatoms. The van der Waals surface area contributed by atoms with E-state index in [1.54, 1.807) is 37.8 Å². The Balaban J connectivity index is 1.26. The fourth-order valence-electron chi connectivity index (χ4n) is 7.03. The zero-order valence-corrected chi connectivity index (χ0v) is 37.2. The Hall–Kier alpha value is -5.16. The maximum atomic E-state index is 14.3. The average Bonchev–Trinajstić information content (AvgIpc) is 3.38. The van der Waals surface area contributed by atoms with Crippen LogP contribution in [0.1, 0.15) is 80.8 Å². The number of rotatable bonds is 15. The van der Waals surface area contributed by atoms with Crippen LogP contribution in [0, 0.1) is 0 Å². The van der Waals surface area contributed by atoms with Gasteiger partial charge in [-0.1, -0.05) is 48.5 Å². The van der Waals surface area contributed by atoms with E-state index in [-0.39, 0.29) is 43.6 Å².